The maximum atomic E-state index is 12.7. The van der Waals surface area contributed by atoms with Crippen LogP contribution in [0.2, 0.25) is 0 Å². The van der Waals surface area contributed by atoms with Gasteiger partial charge in [-0.2, -0.15) is 5.10 Å². The Labute approximate surface area is 140 Å². The van der Waals surface area contributed by atoms with E-state index in [2.05, 4.69) is 15.3 Å². The van der Waals surface area contributed by atoms with Crippen molar-refractivity contribution in [3.05, 3.63) is 28.9 Å². The molecule has 0 radical (unpaired) electrons. The van der Waals surface area contributed by atoms with Crippen LogP contribution in [0.5, 0.6) is 0 Å². The lowest BCUT2D eigenvalue weighted by molar-refractivity contribution is 0.150. The zero-order chi connectivity index (χ0) is 17.5. The van der Waals surface area contributed by atoms with Gasteiger partial charge < -0.3 is 0 Å². The quantitative estimate of drug-likeness (QED) is 0.740. The predicted molar refractivity (Wildman–Crippen MR) is 84.9 cm³/mol. The topological polar surface area (TPSA) is 104 Å². The van der Waals surface area contributed by atoms with Gasteiger partial charge in [-0.3, -0.25) is 0 Å². The Morgan fingerprint density at radius 1 is 1.33 bits per heavy atom. The maximum Gasteiger partial charge on any atom is 0.291 e. The van der Waals surface area contributed by atoms with Gasteiger partial charge in [0.2, 0.25) is 15.2 Å². The molecule has 0 fully saturated rings. The Hall–Kier alpha value is -1.98. The van der Waals surface area contributed by atoms with E-state index in [1.165, 1.54) is 16.8 Å². The van der Waals surface area contributed by atoms with Crippen molar-refractivity contribution in [2.24, 2.45) is 5.14 Å². The first kappa shape index (κ1) is 16.9. The zero-order valence-corrected chi connectivity index (χ0v) is 14.1. The summed E-state index contributed by atoms with van der Waals surface area (Å²) in [6.45, 7) is 1.98. The van der Waals surface area contributed by atoms with Gasteiger partial charge in [0.1, 0.15) is 0 Å². The van der Waals surface area contributed by atoms with Crippen LogP contribution in [-0.4, -0.2) is 28.4 Å². The molecule has 0 aliphatic rings. The smallest absolute Gasteiger partial charge is 0.225 e. The third kappa shape index (κ3) is 3.01. The number of alkyl halides is 2. The van der Waals surface area contributed by atoms with E-state index in [0.29, 0.717) is 23.3 Å². The molecule has 128 valence electrons. The first-order valence-electron chi connectivity index (χ1n) is 6.97. The maximum absolute atomic E-state index is 12.7. The molecule has 0 saturated heterocycles. The molecule has 2 N–H and O–H groups in total. The van der Waals surface area contributed by atoms with Gasteiger partial charge in [-0.05, 0) is 24.6 Å². The van der Waals surface area contributed by atoms with Crippen molar-refractivity contribution in [3.8, 4) is 5.13 Å². The average Bonchev–Trinajstić information content (AvgIpc) is 3.11. The van der Waals surface area contributed by atoms with E-state index in [-0.39, 0.29) is 10.0 Å². The summed E-state index contributed by atoms with van der Waals surface area (Å²) < 4.78 is 50.0. The Kier molecular flexibility index (Phi) is 4.32. The summed E-state index contributed by atoms with van der Waals surface area (Å²) in [5.74, 6) is 0. The number of nitrogens with two attached hydrogens (primary N) is 1. The van der Waals surface area contributed by atoms with E-state index < -0.39 is 21.5 Å². The molecular formula is C13H13F2N5O2S2. The van der Waals surface area contributed by atoms with Gasteiger partial charge in [-0.25, -0.2) is 27.0 Å². The van der Waals surface area contributed by atoms with Crippen molar-refractivity contribution in [2.75, 3.05) is 0 Å². The number of rotatable bonds is 5. The average molecular weight is 373 g/mol. The lowest BCUT2D eigenvalue weighted by Crippen LogP contribution is -2.12. The number of nitrogens with zero attached hydrogens (tertiary/aromatic N) is 4. The number of aryl methyl sites for hydroxylation is 1. The summed E-state index contributed by atoms with van der Waals surface area (Å²) in [5, 5.41) is 17.2. The SMILES string of the molecule is CCCc1nn(-c2nnc(C(F)F)s2)c2cc(S(N)(=O)=O)ccc12. The summed E-state index contributed by atoms with van der Waals surface area (Å²) in [6.07, 6.45) is -1.26. The third-order valence-corrected chi connectivity index (χ3v) is 5.16. The molecule has 0 saturated carbocycles. The van der Waals surface area contributed by atoms with Crippen LogP contribution in [-0.2, 0) is 16.4 Å². The Morgan fingerprint density at radius 3 is 2.67 bits per heavy atom. The van der Waals surface area contributed by atoms with E-state index in [9.17, 15) is 17.2 Å². The lowest BCUT2D eigenvalue weighted by atomic mass is 10.1. The van der Waals surface area contributed by atoms with E-state index in [1.807, 2.05) is 6.92 Å². The molecule has 0 atom stereocenters. The first-order chi connectivity index (χ1) is 11.3. The van der Waals surface area contributed by atoms with Gasteiger partial charge in [0, 0.05) is 5.39 Å². The Bertz CT molecular complexity index is 997. The Morgan fingerprint density at radius 2 is 2.08 bits per heavy atom. The molecule has 3 aromatic rings. The molecule has 0 unspecified atom stereocenters. The molecule has 24 heavy (non-hydrogen) atoms. The van der Waals surface area contributed by atoms with E-state index in [4.69, 9.17) is 5.14 Å². The van der Waals surface area contributed by atoms with Crippen LogP contribution in [0, 0.1) is 0 Å². The number of hydrogen-bond acceptors (Lipinski definition) is 6. The van der Waals surface area contributed by atoms with Crippen molar-refractivity contribution in [2.45, 2.75) is 31.1 Å². The van der Waals surface area contributed by atoms with Gasteiger partial charge in [-0.1, -0.05) is 24.7 Å². The van der Waals surface area contributed by atoms with Gasteiger partial charge in [0.15, 0.2) is 5.01 Å². The van der Waals surface area contributed by atoms with Crippen molar-refractivity contribution in [3.63, 3.8) is 0 Å². The lowest BCUT2D eigenvalue weighted by Gasteiger charge is -2.00. The molecule has 0 spiro atoms. The highest BCUT2D eigenvalue weighted by Gasteiger charge is 2.20. The second-order valence-corrected chi connectivity index (χ2v) is 7.61. The monoisotopic (exact) mass is 373 g/mol. The van der Waals surface area contributed by atoms with Gasteiger partial charge in [0.25, 0.3) is 6.43 Å². The molecule has 11 heteroatoms. The number of halogens is 2. The van der Waals surface area contributed by atoms with Gasteiger partial charge >= 0.3 is 0 Å². The molecular weight excluding hydrogens is 360 g/mol. The largest absolute Gasteiger partial charge is 0.291 e. The minimum Gasteiger partial charge on any atom is -0.225 e. The highest BCUT2D eigenvalue weighted by atomic mass is 32.2. The summed E-state index contributed by atoms with van der Waals surface area (Å²) in [7, 11) is -3.90. The van der Waals surface area contributed by atoms with E-state index >= 15 is 0 Å². The number of benzene rings is 1. The van der Waals surface area contributed by atoms with Crippen LogP contribution >= 0.6 is 11.3 Å². The molecule has 3 rings (SSSR count). The molecule has 2 aromatic heterocycles. The standard InChI is InChI=1S/C13H13F2N5O2S2/c1-2-3-9-8-5-4-7(24(16,21)22)6-10(8)20(19-9)13-18-17-12(23-13)11(14)15/h4-6,11H,2-3H2,1H3,(H2,16,21,22). The van der Waals surface area contributed by atoms with Crippen LogP contribution in [0.4, 0.5) is 8.78 Å². The first-order valence-corrected chi connectivity index (χ1v) is 9.34. The fraction of sp³-hybridized carbons (Fsp3) is 0.308. The van der Waals surface area contributed by atoms with Crippen molar-refractivity contribution >= 4 is 32.3 Å². The number of aromatic nitrogens is 4. The third-order valence-electron chi connectivity index (χ3n) is 3.34. The normalized spacial score (nSPS) is 12.4. The zero-order valence-electron chi connectivity index (χ0n) is 12.5. The minimum absolute atomic E-state index is 0.0854. The highest BCUT2D eigenvalue weighted by Crippen LogP contribution is 2.29. The van der Waals surface area contributed by atoms with Crippen LogP contribution in [0.15, 0.2) is 23.1 Å². The molecule has 0 aliphatic carbocycles. The van der Waals surface area contributed by atoms with Crippen LogP contribution in [0.3, 0.4) is 0 Å². The van der Waals surface area contributed by atoms with Crippen molar-refractivity contribution < 1.29 is 17.2 Å². The molecule has 0 bridgehead atoms. The second-order valence-electron chi connectivity index (χ2n) is 5.06. The second kappa shape index (κ2) is 6.15. The van der Waals surface area contributed by atoms with E-state index in [0.717, 1.165) is 17.5 Å². The van der Waals surface area contributed by atoms with Crippen LogP contribution < -0.4 is 5.14 Å². The summed E-state index contributed by atoms with van der Waals surface area (Å²) in [4.78, 5) is -0.0854. The molecule has 2 heterocycles. The van der Waals surface area contributed by atoms with Crippen LogP contribution in [0.25, 0.3) is 16.0 Å². The summed E-state index contributed by atoms with van der Waals surface area (Å²) in [6, 6.07) is 4.37. The van der Waals surface area contributed by atoms with Gasteiger partial charge in [0.05, 0.1) is 16.1 Å². The number of primary sulfonamides is 1. The fourth-order valence-electron chi connectivity index (χ4n) is 2.30. The van der Waals surface area contributed by atoms with Crippen molar-refractivity contribution in [1.82, 2.24) is 20.0 Å². The highest BCUT2D eigenvalue weighted by molar-refractivity contribution is 7.89. The summed E-state index contributed by atoms with van der Waals surface area (Å²) in [5.41, 5.74) is 1.16. The van der Waals surface area contributed by atoms with Gasteiger partial charge in [-0.15, -0.1) is 10.2 Å². The number of fused-ring (bicyclic) bond motifs is 1. The molecule has 7 nitrogen and oxygen atoms in total. The molecule has 1 aromatic carbocycles. The fourth-order valence-corrected chi connectivity index (χ4v) is 3.50. The molecule has 0 aliphatic heterocycles. The van der Waals surface area contributed by atoms with E-state index in [1.54, 1.807) is 6.07 Å². The minimum atomic E-state index is -3.90. The summed E-state index contributed by atoms with van der Waals surface area (Å²) >= 11 is 0.701. The number of hydrogen-bond donors (Lipinski definition) is 1. The van der Waals surface area contributed by atoms with Crippen LogP contribution in [0.1, 0.15) is 30.5 Å². The predicted octanol–water partition coefficient (Wildman–Crippen LogP) is 2.41. The Balaban J connectivity index is 2.24. The molecule has 0 amide bonds. The van der Waals surface area contributed by atoms with Crippen molar-refractivity contribution in [1.29, 1.82) is 0 Å². The number of sulfonamides is 1.